The highest BCUT2D eigenvalue weighted by Crippen LogP contribution is 2.18. The second-order valence-corrected chi connectivity index (χ2v) is 9.28. The van der Waals surface area contributed by atoms with Crippen molar-refractivity contribution in [3.63, 3.8) is 0 Å². The van der Waals surface area contributed by atoms with Gasteiger partial charge in [0, 0.05) is 13.2 Å². The number of hydrogen-bond acceptors (Lipinski definition) is 5. The standard InChI is InChI=1S/C11H23NO5S2/c13-8-4-2-1-3-7-12-19(16,17)11-5-9-18(14,15)10-6-11/h11-13H,1-10H2. The summed E-state index contributed by atoms with van der Waals surface area (Å²) in [4.78, 5) is 0. The molecule has 19 heavy (non-hydrogen) atoms. The summed E-state index contributed by atoms with van der Waals surface area (Å²) in [6.07, 6.45) is 3.64. The van der Waals surface area contributed by atoms with Gasteiger partial charge >= 0.3 is 0 Å². The number of hydrogen-bond donors (Lipinski definition) is 2. The summed E-state index contributed by atoms with van der Waals surface area (Å²) in [6, 6.07) is 0. The minimum absolute atomic E-state index is 0.0327. The Morgan fingerprint density at radius 3 is 2.21 bits per heavy atom. The number of unbranched alkanes of at least 4 members (excludes halogenated alkanes) is 3. The highest BCUT2D eigenvalue weighted by atomic mass is 32.2. The fourth-order valence-corrected chi connectivity index (χ4v) is 5.41. The fourth-order valence-electron chi connectivity index (χ4n) is 2.10. The molecular weight excluding hydrogens is 290 g/mol. The molecule has 6 nitrogen and oxygen atoms in total. The van der Waals surface area contributed by atoms with Gasteiger partial charge in [0.2, 0.25) is 10.0 Å². The second-order valence-electron chi connectivity index (χ2n) is 4.93. The highest BCUT2D eigenvalue weighted by Gasteiger charge is 2.32. The van der Waals surface area contributed by atoms with E-state index >= 15 is 0 Å². The maximum atomic E-state index is 11.9. The van der Waals surface area contributed by atoms with Crippen LogP contribution in [0, 0.1) is 0 Å². The van der Waals surface area contributed by atoms with Crippen LogP contribution in [0.15, 0.2) is 0 Å². The molecule has 114 valence electrons. The van der Waals surface area contributed by atoms with Crippen molar-refractivity contribution in [1.29, 1.82) is 0 Å². The van der Waals surface area contributed by atoms with Crippen molar-refractivity contribution in [3.8, 4) is 0 Å². The summed E-state index contributed by atoms with van der Waals surface area (Å²) in [5, 5.41) is 8.03. The number of rotatable bonds is 8. The second kappa shape index (κ2) is 7.56. The maximum absolute atomic E-state index is 11.9. The van der Waals surface area contributed by atoms with Crippen LogP contribution in [0.25, 0.3) is 0 Å². The zero-order valence-corrected chi connectivity index (χ0v) is 12.7. The number of aliphatic hydroxyl groups is 1. The molecule has 1 aliphatic heterocycles. The van der Waals surface area contributed by atoms with Gasteiger partial charge in [-0.15, -0.1) is 0 Å². The molecule has 0 aromatic rings. The average Bonchev–Trinajstić information content (AvgIpc) is 2.33. The summed E-state index contributed by atoms with van der Waals surface area (Å²) < 4.78 is 48.9. The molecule has 8 heteroatoms. The lowest BCUT2D eigenvalue weighted by molar-refractivity contribution is 0.282. The zero-order valence-electron chi connectivity index (χ0n) is 11.0. The highest BCUT2D eigenvalue weighted by molar-refractivity contribution is 7.92. The van der Waals surface area contributed by atoms with Crippen molar-refractivity contribution in [2.24, 2.45) is 0 Å². The molecule has 0 aromatic heterocycles. The van der Waals surface area contributed by atoms with Crippen LogP contribution in [0.3, 0.4) is 0 Å². The van der Waals surface area contributed by atoms with Crippen LogP contribution in [-0.4, -0.2) is 51.8 Å². The topological polar surface area (TPSA) is 101 Å². The Labute approximate surface area is 115 Å². The van der Waals surface area contributed by atoms with Crippen molar-refractivity contribution >= 4 is 19.9 Å². The third kappa shape index (κ3) is 6.20. The number of nitrogens with one attached hydrogen (secondary N) is 1. The summed E-state index contributed by atoms with van der Waals surface area (Å²) in [6.45, 7) is 0.555. The van der Waals surface area contributed by atoms with Gasteiger partial charge in [0.15, 0.2) is 0 Å². The Kier molecular flexibility index (Phi) is 6.72. The van der Waals surface area contributed by atoms with E-state index in [9.17, 15) is 16.8 Å². The molecular formula is C11H23NO5S2. The van der Waals surface area contributed by atoms with E-state index in [0.717, 1.165) is 25.7 Å². The fraction of sp³-hybridized carbons (Fsp3) is 1.00. The van der Waals surface area contributed by atoms with E-state index < -0.39 is 25.1 Å². The van der Waals surface area contributed by atoms with Crippen LogP contribution in [0.4, 0.5) is 0 Å². The van der Waals surface area contributed by atoms with Gasteiger partial charge in [-0.2, -0.15) is 0 Å². The molecule has 0 atom stereocenters. The van der Waals surface area contributed by atoms with Gasteiger partial charge in [0.05, 0.1) is 16.8 Å². The molecule has 0 bridgehead atoms. The Bertz CT molecular complexity index is 443. The molecule has 0 aliphatic carbocycles. The third-order valence-corrected chi connectivity index (χ3v) is 7.00. The lowest BCUT2D eigenvalue weighted by atomic mass is 10.2. The first-order valence-electron chi connectivity index (χ1n) is 6.67. The lowest BCUT2D eigenvalue weighted by Crippen LogP contribution is -2.40. The maximum Gasteiger partial charge on any atom is 0.214 e. The van der Waals surface area contributed by atoms with Crippen molar-refractivity contribution < 1.29 is 21.9 Å². The van der Waals surface area contributed by atoms with Crippen molar-refractivity contribution in [1.82, 2.24) is 4.72 Å². The zero-order chi connectivity index (χ0) is 14.4. The summed E-state index contributed by atoms with van der Waals surface area (Å²) in [5.41, 5.74) is 0. The molecule has 0 spiro atoms. The van der Waals surface area contributed by atoms with E-state index in [0.29, 0.717) is 6.54 Å². The monoisotopic (exact) mass is 313 g/mol. The normalized spacial score (nSPS) is 20.5. The van der Waals surface area contributed by atoms with Crippen LogP contribution in [-0.2, 0) is 19.9 Å². The first-order valence-corrected chi connectivity index (χ1v) is 10.0. The first kappa shape index (κ1) is 16.9. The third-order valence-electron chi connectivity index (χ3n) is 3.33. The van der Waals surface area contributed by atoms with E-state index in [-0.39, 0.29) is 31.0 Å². The van der Waals surface area contributed by atoms with Gasteiger partial charge in [-0.3, -0.25) is 0 Å². The molecule has 1 heterocycles. The molecule has 0 amide bonds. The van der Waals surface area contributed by atoms with Gasteiger partial charge in [0.25, 0.3) is 0 Å². The molecule has 0 aromatic carbocycles. The Morgan fingerprint density at radius 1 is 1.05 bits per heavy atom. The molecule has 1 aliphatic rings. The van der Waals surface area contributed by atoms with E-state index in [4.69, 9.17) is 5.11 Å². The summed E-state index contributed by atoms with van der Waals surface area (Å²) >= 11 is 0. The van der Waals surface area contributed by atoms with Gasteiger partial charge in [-0.05, 0) is 25.7 Å². The number of sulfone groups is 1. The van der Waals surface area contributed by atoms with E-state index in [2.05, 4.69) is 4.72 Å². The van der Waals surface area contributed by atoms with Crippen LogP contribution in [0.1, 0.15) is 38.5 Å². The SMILES string of the molecule is O=S1(=O)CCC(S(=O)(=O)NCCCCCCO)CC1. The largest absolute Gasteiger partial charge is 0.396 e. The molecule has 0 unspecified atom stereocenters. The quantitative estimate of drug-likeness (QED) is 0.616. The average molecular weight is 313 g/mol. The van der Waals surface area contributed by atoms with Gasteiger partial charge in [-0.25, -0.2) is 21.6 Å². The Morgan fingerprint density at radius 2 is 1.63 bits per heavy atom. The molecule has 1 rings (SSSR count). The number of aliphatic hydroxyl groups excluding tert-OH is 1. The van der Waals surface area contributed by atoms with Crippen molar-refractivity contribution in [2.75, 3.05) is 24.7 Å². The lowest BCUT2D eigenvalue weighted by Gasteiger charge is -2.22. The van der Waals surface area contributed by atoms with Crippen LogP contribution >= 0.6 is 0 Å². The van der Waals surface area contributed by atoms with Gasteiger partial charge in [-0.1, -0.05) is 12.8 Å². The Balaban J connectivity index is 2.28. The van der Waals surface area contributed by atoms with E-state index in [1.54, 1.807) is 0 Å². The van der Waals surface area contributed by atoms with Crippen molar-refractivity contribution in [3.05, 3.63) is 0 Å². The smallest absolute Gasteiger partial charge is 0.214 e. The predicted molar refractivity (Wildman–Crippen MR) is 74.2 cm³/mol. The molecule has 0 saturated carbocycles. The minimum atomic E-state index is -3.39. The van der Waals surface area contributed by atoms with Gasteiger partial charge in [0.1, 0.15) is 9.84 Å². The van der Waals surface area contributed by atoms with Crippen LogP contribution < -0.4 is 4.72 Å². The van der Waals surface area contributed by atoms with Crippen LogP contribution in [0.5, 0.6) is 0 Å². The molecule has 2 N–H and O–H groups in total. The van der Waals surface area contributed by atoms with Crippen molar-refractivity contribution in [2.45, 2.75) is 43.8 Å². The van der Waals surface area contributed by atoms with Gasteiger partial charge < -0.3 is 5.11 Å². The molecule has 1 saturated heterocycles. The van der Waals surface area contributed by atoms with E-state index in [1.807, 2.05) is 0 Å². The Hall–Kier alpha value is -0.180. The van der Waals surface area contributed by atoms with E-state index in [1.165, 1.54) is 0 Å². The molecule has 1 fully saturated rings. The molecule has 0 radical (unpaired) electrons. The van der Waals surface area contributed by atoms with Crippen LogP contribution in [0.2, 0.25) is 0 Å². The number of sulfonamides is 1. The summed E-state index contributed by atoms with van der Waals surface area (Å²) in [7, 11) is -6.42. The predicted octanol–water partition coefficient (Wildman–Crippen LogP) is 0.0357. The minimum Gasteiger partial charge on any atom is -0.396 e. The first-order chi connectivity index (χ1) is 8.87. The summed E-state index contributed by atoms with van der Waals surface area (Å²) in [5.74, 6) is -0.0653.